The van der Waals surface area contributed by atoms with Crippen LogP contribution in [-0.4, -0.2) is 38.0 Å². The minimum absolute atomic E-state index is 0.336. The van der Waals surface area contributed by atoms with Crippen LogP contribution >= 0.6 is 0 Å². The first-order valence-corrected chi connectivity index (χ1v) is 6.81. The molecule has 0 aromatic rings. The van der Waals surface area contributed by atoms with Crippen LogP contribution in [0.2, 0.25) is 0 Å². The van der Waals surface area contributed by atoms with Gasteiger partial charge in [0.1, 0.15) is 0 Å². The Labute approximate surface area is 101 Å². The number of hydrogen-bond donors (Lipinski definition) is 2. The Bertz CT molecular complexity index is 107. The smallest absolute Gasteiger partial charge is 0.0478 e. The summed E-state index contributed by atoms with van der Waals surface area (Å²) in [6.45, 7) is 6.48. The van der Waals surface area contributed by atoms with Crippen molar-refractivity contribution >= 4 is 0 Å². The molecule has 0 aromatic heterocycles. The summed E-state index contributed by atoms with van der Waals surface area (Å²) in [5.41, 5.74) is 0. The van der Waals surface area contributed by atoms with Crippen LogP contribution in [0.5, 0.6) is 0 Å². The largest absolute Gasteiger partial charge is 0.396 e. The maximum absolute atomic E-state index is 8.60. The van der Waals surface area contributed by atoms with Gasteiger partial charge in [-0.1, -0.05) is 26.2 Å². The van der Waals surface area contributed by atoms with E-state index in [1.807, 2.05) is 0 Å². The summed E-state index contributed by atoms with van der Waals surface area (Å²) in [5, 5.41) is 12.0. The van der Waals surface area contributed by atoms with E-state index in [9.17, 15) is 0 Å². The van der Waals surface area contributed by atoms with Crippen molar-refractivity contribution in [2.45, 2.75) is 51.9 Å². The summed E-state index contributed by atoms with van der Waals surface area (Å²) in [7, 11) is 0. The molecule has 16 heavy (non-hydrogen) atoms. The predicted octanol–water partition coefficient (Wildman–Crippen LogP) is 2.34. The zero-order valence-electron chi connectivity index (χ0n) is 10.8. The zero-order chi connectivity index (χ0) is 11.9. The summed E-state index contributed by atoms with van der Waals surface area (Å²) in [6.07, 6.45) is 8.05. The van der Waals surface area contributed by atoms with Crippen molar-refractivity contribution in [3.63, 3.8) is 0 Å². The number of aliphatic hydroxyl groups excluding tert-OH is 1. The molecule has 0 aromatic carbocycles. The highest BCUT2D eigenvalue weighted by Gasteiger charge is 1.91. The van der Waals surface area contributed by atoms with Crippen molar-refractivity contribution in [1.29, 1.82) is 0 Å². The fourth-order valence-corrected chi connectivity index (χ4v) is 1.49. The molecule has 2 N–H and O–H groups in total. The standard InChI is InChI=1S/C13H29NO2/c1-2-3-12-16-13-8-10-14-9-6-4-5-7-11-15/h14-15H,2-13H2,1H3. The summed E-state index contributed by atoms with van der Waals surface area (Å²) in [5.74, 6) is 0. The van der Waals surface area contributed by atoms with E-state index in [0.717, 1.165) is 45.6 Å². The van der Waals surface area contributed by atoms with E-state index in [4.69, 9.17) is 9.84 Å². The van der Waals surface area contributed by atoms with Gasteiger partial charge >= 0.3 is 0 Å². The molecule has 3 heteroatoms. The average Bonchev–Trinajstić information content (AvgIpc) is 2.31. The Hall–Kier alpha value is -0.120. The second-order valence-corrected chi connectivity index (χ2v) is 4.21. The molecule has 0 bridgehead atoms. The van der Waals surface area contributed by atoms with Crippen LogP contribution in [0, 0.1) is 0 Å². The Morgan fingerprint density at radius 3 is 2.31 bits per heavy atom. The van der Waals surface area contributed by atoms with Crippen LogP contribution in [-0.2, 0) is 4.74 Å². The van der Waals surface area contributed by atoms with E-state index in [0.29, 0.717) is 6.61 Å². The first kappa shape index (κ1) is 15.9. The molecule has 0 heterocycles. The van der Waals surface area contributed by atoms with Crippen molar-refractivity contribution in [2.24, 2.45) is 0 Å². The van der Waals surface area contributed by atoms with Gasteiger partial charge in [-0.3, -0.25) is 0 Å². The van der Waals surface area contributed by atoms with Crippen molar-refractivity contribution in [3.8, 4) is 0 Å². The molecule has 0 amide bonds. The fraction of sp³-hybridized carbons (Fsp3) is 1.00. The van der Waals surface area contributed by atoms with Crippen molar-refractivity contribution in [3.05, 3.63) is 0 Å². The van der Waals surface area contributed by atoms with E-state index < -0.39 is 0 Å². The van der Waals surface area contributed by atoms with Gasteiger partial charge in [-0.05, 0) is 38.8 Å². The number of ether oxygens (including phenoxy) is 1. The van der Waals surface area contributed by atoms with E-state index >= 15 is 0 Å². The van der Waals surface area contributed by atoms with E-state index in [1.54, 1.807) is 0 Å². The molecule has 98 valence electrons. The van der Waals surface area contributed by atoms with E-state index in [1.165, 1.54) is 25.7 Å². The molecule has 0 aliphatic carbocycles. The Kier molecular flexibility index (Phi) is 14.8. The molecule has 0 saturated heterocycles. The summed E-state index contributed by atoms with van der Waals surface area (Å²) >= 11 is 0. The monoisotopic (exact) mass is 231 g/mol. The first-order valence-electron chi connectivity index (χ1n) is 6.81. The molecule has 3 nitrogen and oxygen atoms in total. The van der Waals surface area contributed by atoms with Crippen molar-refractivity contribution in [1.82, 2.24) is 5.32 Å². The predicted molar refractivity (Wildman–Crippen MR) is 68.8 cm³/mol. The summed E-state index contributed by atoms with van der Waals surface area (Å²) in [4.78, 5) is 0. The number of unbranched alkanes of at least 4 members (excludes halogenated alkanes) is 4. The van der Waals surface area contributed by atoms with Gasteiger partial charge in [0.05, 0.1) is 0 Å². The molecule has 0 radical (unpaired) electrons. The highest BCUT2D eigenvalue weighted by atomic mass is 16.5. The third-order valence-electron chi connectivity index (χ3n) is 2.55. The van der Waals surface area contributed by atoms with Crippen LogP contribution in [0.1, 0.15) is 51.9 Å². The lowest BCUT2D eigenvalue weighted by molar-refractivity contribution is 0.129. The molecule has 0 aliphatic rings. The lowest BCUT2D eigenvalue weighted by Gasteiger charge is -2.05. The molecular weight excluding hydrogens is 202 g/mol. The lowest BCUT2D eigenvalue weighted by Crippen LogP contribution is -2.18. The van der Waals surface area contributed by atoms with Crippen LogP contribution < -0.4 is 5.32 Å². The van der Waals surface area contributed by atoms with Gasteiger partial charge in [0.25, 0.3) is 0 Å². The molecule has 0 spiro atoms. The van der Waals surface area contributed by atoms with Gasteiger partial charge in [0.15, 0.2) is 0 Å². The SMILES string of the molecule is CCCCOCCCNCCCCCCO. The Morgan fingerprint density at radius 1 is 0.875 bits per heavy atom. The molecule has 0 aliphatic heterocycles. The normalized spacial score (nSPS) is 10.9. The van der Waals surface area contributed by atoms with Crippen molar-refractivity contribution in [2.75, 3.05) is 32.9 Å². The van der Waals surface area contributed by atoms with Gasteiger partial charge < -0.3 is 15.2 Å². The summed E-state index contributed by atoms with van der Waals surface area (Å²) < 4.78 is 5.47. The molecule has 0 unspecified atom stereocenters. The average molecular weight is 231 g/mol. The topological polar surface area (TPSA) is 41.5 Å². The first-order chi connectivity index (χ1) is 7.91. The maximum Gasteiger partial charge on any atom is 0.0478 e. The number of rotatable bonds is 13. The van der Waals surface area contributed by atoms with Crippen LogP contribution in [0.15, 0.2) is 0 Å². The van der Waals surface area contributed by atoms with Gasteiger partial charge in [0, 0.05) is 19.8 Å². The highest BCUT2D eigenvalue weighted by molar-refractivity contribution is 4.49. The Morgan fingerprint density at radius 2 is 1.56 bits per heavy atom. The molecule has 0 fully saturated rings. The van der Waals surface area contributed by atoms with Crippen LogP contribution in [0.4, 0.5) is 0 Å². The third-order valence-corrected chi connectivity index (χ3v) is 2.55. The second kappa shape index (κ2) is 14.9. The number of hydrogen-bond acceptors (Lipinski definition) is 3. The second-order valence-electron chi connectivity index (χ2n) is 4.21. The minimum atomic E-state index is 0.336. The van der Waals surface area contributed by atoms with Gasteiger partial charge in [0.2, 0.25) is 0 Å². The summed E-state index contributed by atoms with van der Waals surface area (Å²) in [6, 6.07) is 0. The minimum Gasteiger partial charge on any atom is -0.396 e. The van der Waals surface area contributed by atoms with Gasteiger partial charge in [-0.2, -0.15) is 0 Å². The number of aliphatic hydroxyl groups is 1. The van der Waals surface area contributed by atoms with Gasteiger partial charge in [-0.15, -0.1) is 0 Å². The quantitative estimate of drug-likeness (QED) is 0.478. The highest BCUT2D eigenvalue weighted by Crippen LogP contribution is 1.97. The van der Waals surface area contributed by atoms with Crippen LogP contribution in [0.25, 0.3) is 0 Å². The fourth-order valence-electron chi connectivity index (χ4n) is 1.49. The van der Waals surface area contributed by atoms with E-state index in [-0.39, 0.29) is 0 Å². The Balaban J connectivity index is 2.83. The van der Waals surface area contributed by atoms with Crippen LogP contribution in [0.3, 0.4) is 0 Å². The molecule has 0 saturated carbocycles. The third kappa shape index (κ3) is 13.9. The molecule has 0 rings (SSSR count). The van der Waals surface area contributed by atoms with Crippen molar-refractivity contribution < 1.29 is 9.84 Å². The number of nitrogens with one attached hydrogen (secondary N) is 1. The maximum atomic E-state index is 8.60. The molecular formula is C13H29NO2. The molecule has 0 atom stereocenters. The zero-order valence-corrected chi connectivity index (χ0v) is 10.8. The lowest BCUT2D eigenvalue weighted by atomic mass is 10.2. The van der Waals surface area contributed by atoms with Gasteiger partial charge in [-0.25, -0.2) is 0 Å². The van der Waals surface area contributed by atoms with E-state index in [2.05, 4.69) is 12.2 Å².